The Morgan fingerprint density at radius 2 is 1.88 bits per heavy atom. The molecule has 3 heterocycles. The van der Waals surface area contributed by atoms with Crippen molar-refractivity contribution in [2.75, 3.05) is 29.5 Å². The van der Waals surface area contributed by atoms with Gasteiger partial charge in [0.2, 0.25) is 0 Å². The number of carbonyl (C=O) groups is 1. The van der Waals surface area contributed by atoms with Crippen molar-refractivity contribution in [2.24, 2.45) is 5.41 Å². The Morgan fingerprint density at radius 1 is 1.12 bits per heavy atom. The van der Waals surface area contributed by atoms with E-state index in [1.807, 2.05) is 23.1 Å². The van der Waals surface area contributed by atoms with E-state index in [1.165, 1.54) is 0 Å². The van der Waals surface area contributed by atoms with Gasteiger partial charge in [-0.3, -0.25) is 4.79 Å². The van der Waals surface area contributed by atoms with Crippen LogP contribution in [0.2, 0.25) is 5.02 Å². The summed E-state index contributed by atoms with van der Waals surface area (Å²) in [7, 11) is -2.96. The maximum Gasteiger partial charge on any atom is 0.251 e. The first-order chi connectivity index (χ1) is 16.3. The first kappa shape index (κ1) is 21.9. The van der Waals surface area contributed by atoms with Crippen LogP contribution in [0.1, 0.15) is 47.8 Å². The molecule has 0 radical (unpaired) electrons. The van der Waals surface area contributed by atoms with Crippen LogP contribution in [0.15, 0.2) is 40.9 Å². The van der Waals surface area contributed by atoms with Gasteiger partial charge in [0.05, 0.1) is 11.5 Å². The third-order valence-corrected chi connectivity index (χ3v) is 9.29. The maximum absolute atomic E-state index is 12.8. The summed E-state index contributed by atoms with van der Waals surface area (Å²) >= 11 is 6.05. The van der Waals surface area contributed by atoms with E-state index in [0.29, 0.717) is 35.4 Å². The lowest BCUT2D eigenvalue weighted by Gasteiger charge is -2.57. The van der Waals surface area contributed by atoms with E-state index in [4.69, 9.17) is 16.0 Å². The molecule has 1 amide bonds. The molecule has 0 unspecified atom stereocenters. The summed E-state index contributed by atoms with van der Waals surface area (Å²) in [4.78, 5) is 23.7. The van der Waals surface area contributed by atoms with Crippen LogP contribution < -0.4 is 10.2 Å². The Balaban J connectivity index is 1.03. The topological polar surface area (TPSA) is 105 Å². The number of halogens is 1. The Hall–Kier alpha value is -2.65. The molecule has 1 saturated heterocycles. The second kappa shape index (κ2) is 7.95. The number of amides is 1. The van der Waals surface area contributed by atoms with Crippen LogP contribution in [-0.2, 0) is 9.84 Å². The van der Waals surface area contributed by atoms with Crippen LogP contribution in [0.4, 0.5) is 5.82 Å². The average molecular weight is 501 g/mol. The van der Waals surface area contributed by atoms with Crippen molar-refractivity contribution in [3.8, 4) is 0 Å². The summed E-state index contributed by atoms with van der Waals surface area (Å²) in [6, 6.07) is 9.10. The highest BCUT2D eigenvalue weighted by molar-refractivity contribution is 7.91. The minimum Gasteiger partial charge on any atom is -0.440 e. The van der Waals surface area contributed by atoms with Gasteiger partial charge in [0.15, 0.2) is 21.3 Å². The molecule has 34 heavy (non-hydrogen) atoms. The van der Waals surface area contributed by atoms with Crippen LogP contribution >= 0.6 is 11.6 Å². The second-order valence-electron chi connectivity index (χ2n) is 9.89. The fourth-order valence-corrected chi connectivity index (χ4v) is 6.98. The Bertz CT molecular complexity index is 1360. The zero-order valence-electron chi connectivity index (χ0n) is 18.5. The highest BCUT2D eigenvalue weighted by Gasteiger charge is 2.54. The van der Waals surface area contributed by atoms with Crippen molar-refractivity contribution in [3.63, 3.8) is 0 Å². The van der Waals surface area contributed by atoms with Crippen molar-refractivity contribution in [1.29, 1.82) is 0 Å². The number of carbonyl (C=O) groups excluding carboxylic acids is 1. The molecular weight excluding hydrogens is 476 g/mol. The van der Waals surface area contributed by atoms with Gasteiger partial charge in [0.25, 0.3) is 5.91 Å². The number of sulfone groups is 1. The Kier molecular flexibility index (Phi) is 5.11. The van der Waals surface area contributed by atoms with Crippen molar-refractivity contribution >= 4 is 44.3 Å². The Labute approximate surface area is 202 Å². The monoisotopic (exact) mass is 500 g/mol. The van der Waals surface area contributed by atoms with E-state index in [0.717, 1.165) is 42.7 Å². The molecule has 3 fully saturated rings. The van der Waals surface area contributed by atoms with E-state index in [-0.39, 0.29) is 28.9 Å². The van der Waals surface area contributed by atoms with Gasteiger partial charge in [0, 0.05) is 41.8 Å². The van der Waals surface area contributed by atoms with E-state index < -0.39 is 9.84 Å². The third kappa shape index (κ3) is 4.05. The quantitative estimate of drug-likeness (QED) is 0.583. The molecule has 0 bridgehead atoms. The number of benzene rings is 1. The van der Waals surface area contributed by atoms with Crippen molar-refractivity contribution in [2.45, 2.75) is 37.6 Å². The van der Waals surface area contributed by atoms with Crippen LogP contribution in [0.25, 0.3) is 11.1 Å². The lowest BCUT2D eigenvalue weighted by Crippen LogP contribution is -2.55. The number of hydrogen-bond acceptors (Lipinski definition) is 7. The first-order valence-corrected chi connectivity index (χ1v) is 13.8. The molecule has 10 heteroatoms. The largest absolute Gasteiger partial charge is 0.440 e. The SMILES string of the molecule is O=C(NC1CC2(C1)CC(c1nc3cc(Cl)ccc3o1)C2)c1ccnc(N2CCS(=O)(=O)CC2)c1. The van der Waals surface area contributed by atoms with Crippen LogP contribution in [0, 0.1) is 5.41 Å². The maximum atomic E-state index is 12.8. The smallest absolute Gasteiger partial charge is 0.251 e. The zero-order valence-corrected chi connectivity index (χ0v) is 20.1. The number of fused-ring (bicyclic) bond motifs is 1. The lowest BCUT2D eigenvalue weighted by atomic mass is 9.50. The van der Waals surface area contributed by atoms with Gasteiger partial charge in [-0.25, -0.2) is 18.4 Å². The summed E-state index contributed by atoms with van der Waals surface area (Å²) in [5, 5.41) is 3.80. The third-order valence-electron chi connectivity index (χ3n) is 7.44. The molecule has 2 saturated carbocycles. The van der Waals surface area contributed by atoms with Crippen LogP contribution in [0.3, 0.4) is 0 Å². The van der Waals surface area contributed by atoms with Gasteiger partial charge < -0.3 is 14.6 Å². The van der Waals surface area contributed by atoms with E-state index in [9.17, 15) is 13.2 Å². The van der Waals surface area contributed by atoms with Crippen molar-refractivity contribution < 1.29 is 17.6 Å². The summed E-state index contributed by atoms with van der Waals surface area (Å²) in [6.07, 6.45) is 5.58. The zero-order chi connectivity index (χ0) is 23.5. The van der Waals surface area contributed by atoms with E-state index in [2.05, 4.69) is 15.3 Å². The number of nitrogens with zero attached hydrogens (tertiary/aromatic N) is 3. The lowest BCUT2D eigenvalue weighted by molar-refractivity contribution is -0.0253. The predicted octanol–water partition coefficient (Wildman–Crippen LogP) is 3.57. The second-order valence-corrected chi connectivity index (χ2v) is 12.6. The molecule has 1 N–H and O–H groups in total. The minimum atomic E-state index is -2.96. The molecule has 1 aliphatic heterocycles. The number of nitrogens with one attached hydrogen (secondary N) is 1. The molecule has 3 aliphatic rings. The molecule has 1 spiro atoms. The summed E-state index contributed by atoms with van der Waals surface area (Å²) < 4.78 is 29.3. The molecule has 1 aromatic carbocycles. The summed E-state index contributed by atoms with van der Waals surface area (Å²) in [5.41, 5.74) is 2.38. The number of aromatic nitrogens is 2. The van der Waals surface area contributed by atoms with Gasteiger partial charge in [-0.2, -0.15) is 0 Å². The van der Waals surface area contributed by atoms with Crippen molar-refractivity contribution in [3.05, 3.63) is 53.0 Å². The number of hydrogen-bond donors (Lipinski definition) is 1. The molecule has 0 atom stereocenters. The van der Waals surface area contributed by atoms with Gasteiger partial charge in [0.1, 0.15) is 11.3 Å². The fourth-order valence-electron chi connectivity index (χ4n) is 5.62. The molecular formula is C24H25ClN4O4S. The van der Waals surface area contributed by atoms with Crippen molar-refractivity contribution in [1.82, 2.24) is 15.3 Å². The molecule has 3 aromatic rings. The van der Waals surface area contributed by atoms with E-state index in [1.54, 1.807) is 18.3 Å². The standard InChI is InChI=1S/C24H25ClN4O4S/c25-17-1-2-20-19(10-17)28-23(33-20)16-11-24(12-16)13-18(14-24)27-22(30)15-3-4-26-21(9-15)29-5-7-34(31,32)8-6-29/h1-4,9-10,16,18H,5-8,11-14H2,(H,27,30). The van der Waals surface area contributed by atoms with Gasteiger partial charge in [-0.05, 0) is 61.4 Å². The first-order valence-electron chi connectivity index (χ1n) is 11.6. The van der Waals surface area contributed by atoms with E-state index >= 15 is 0 Å². The normalized spacial score (nSPS) is 27.9. The molecule has 8 nitrogen and oxygen atoms in total. The fraction of sp³-hybridized carbons (Fsp3) is 0.458. The summed E-state index contributed by atoms with van der Waals surface area (Å²) in [6.45, 7) is 0.805. The van der Waals surface area contributed by atoms with Gasteiger partial charge in [-0.15, -0.1) is 0 Å². The van der Waals surface area contributed by atoms with Gasteiger partial charge in [-0.1, -0.05) is 11.6 Å². The number of anilines is 1. The van der Waals surface area contributed by atoms with Crippen LogP contribution in [0.5, 0.6) is 0 Å². The number of rotatable bonds is 4. The molecule has 2 aliphatic carbocycles. The highest BCUT2D eigenvalue weighted by atomic mass is 35.5. The molecule has 2 aromatic heterocycles. The Morgan fingerprint density at radius 3 is 2.65 bits per heavy atom. The molecule has 6 rings (SSSR count). The minimum absolute atomic E-state index is 0.111. The van der Waals surface area contributed by atoms with Crippen LogP contribution in [-0.4, -0.2) is 54.9 Å². The number of oxazole rings is 1. The average Bonchev–Trinajstić information content (AvgIpc) is 3.17. The number of pyridine rings is 1. The highest BCUT2D eigenvalue weighted by Crippen LogP contribution is 2.61. The van der Waals surface area contributed by atoms with Gasteiger partial charge >= 0.3 is 0 Å². The summed E-state index contributed by atoms with van der Waals surface area (Å²) in [5.74, 6) is 1.87. The molecule has 178 valence electrons. The predicted molar refractivity (Wildman–Crippen MR) is 129 cm³/mol.